The van der Waals surface area contributed by atoms with Crippen LogP contribution in [-0.4, -0.2) is 19.9 Å². The Kier molecular flexibility index (Phi) is 6.38. The maximum absolute atomic E-state index is 13.4. The van der Waals surface area contributed by atoms with Crippen LogP contribution in [0.1, 0.15) is 31.4 Å². The first-order valence-corrected chi connectivity index (χ1v) is 8.62. The van der Waals surface area contributed by atoms with E-state index in [1.54, 1.807) is 19.1 Å². The summed E-state index contributed by atoms with van der Waals surface area (Å²) in [6.45, 7) is 1.62. The Labute approximate surface area is 121 Å². The number of hydrogen-bond acceptors (Lipinski definition) is 4. The molecule has 1 atom stereocenters. The number of sulfone groups is 1. The maximum Gasteiger partial charge on any atom is 0.150 e. The first kappa shape index (κ1) is 16.6. The molecule has 0 amide bonds. The van der Waals surface area contributed by atoms with Gasteiger partial charge in [0, 0.05) is 11.8 Å². The van der Waals surface area contributed by atoms with Crippen molar-refractivity contribution in [1.29, 1.82) is 0 Å². The molecule has 0 aromatic heterocycles. The minimum atomic E-state index is -2.97. The predicted octanol–water partition coefficient (Wildman–Crippen LogP) is 2.31. The van der Waals surface area contributed by atoms with Crippen LogP contribution in [0.4, 0.5) is 4.39 Å². The largest absolute Gasteiger partial charge is 0.271 e. The van der Waals surface area contributed by atoms with Gasteiger partial charge in [-0.2, -0.15) is 0 Å². The zero-order chi connectivity index (χ0) is 14.5. The van der Waals surface area contributed by atoms with Crippen molar-refractivity contribution in [2.45, 2.75) is 25.8 Å². The van der Waals surface area contributed by atoms with Gasteiger partial charge in [-0.15, -0.1) is 0 Å². The monoisotopic (exact) mass is 352 g/mol. The number of benzene rings is 1. The number of hydrogen-bond donors (Lipinski definition) is 2. The van der Waals surface area contributed by atoms with Gasteiger partial charge in [-0.05, 0) is 46.5 Å². The summed E-state index contributed by atoms with van der Waals surface area (Å²) in [5, 5.41) is 0. The van der Waals surface area contributed by atoms with Gasteiger partial charge in [0.2, 0.25) is 0 Å². The highest BCUT2D eigenvalue weighted by molar-refractivity contribution is 9.10. The standard InChI is InChI=1S/C12H18BrFN2O2S/c1-2-19(17,18)7-3-4-12(16-15)9-5-6-10(13)11(14)8-9/h5-6,8,12,16H,2-4,7,15H2,1H3. The average molecular weight is 353 g/mol. The lowest BCUT2D eigenvalue weighted by molar-refractivity contribution is 0.503. The summed E-state index contributed by atoms with van der Waals surface area (Å²) < 4.78 is 36.6. The molecule has 0 heterocycles. The van der Waals surface area contributed by atoms with Gasteiger partial charge < -0.3 is 0 Å². The van der Waals surface area contributed by atoms with E-state index in [0.29, 0.717) is 22.9 Å². The third-order valence-corrected chi connectivity index (χ3v) is 5.37. The zero-order valence-electron chi connectivity index (χ0n) is 10.7. The van der Waals surface area contributed by atoms with Crippen LogP contribution in [0, 0.1) is 5.82 Å². The van der Waals surface area contributed by atoms with Crippen LogP contribution in [0.5, 0.6) is 0 Å². The fraction of sp³-hybridized carbons (Fsp3) is 0.500. The Morgan fingerprint density at radius 1 is 1.47 bits per heavy atom. The van der Waals surface area contributed by atoms with E-state index in [2.05, 4.69) is 21.4 Å². The van der Waals surface area contributed by atoms with E-state index in [1.165, 1.54) is 6.07 Å². The molecule has 3 N–H and O–H groups in total. The normalized spacial score (nSPS) is 13.5. The second-order valence-electron chi connectivity index (χ2n) is 4.27. The summed E-state index contributed by atoms with van der Waals surface area (Å²) >= 11 is 3.08. The van der Waals surface area contributed by atoms with Crippen molar-refractivity contribution in [3.63, 3.8) is 0 Å². The summed E-state index contributed by atoms with van der Waals surface area (Å²) in [6.07, 6.45) is 1.03. The molecule has 0 saturated carbocycles. The first-order valence-electron chi connectivity index (χ1n) is 6.01. The SMILES string of the molecule is CCS(=O)(=O)CCCC(NN)c1ccc(Br)c(F)c1. The number of nitrogens with one attached hydrogen (secondary N) is 1. The summed E-state index contributed by atoms with van der Waals surface area (Å²) in [5.41, 5.74) is 3.30. The van der Waals surface area contributed by atoms with E-state index in [0.717, 1.165) is 0 Å². The highest BCUT2D eigenvalue weighted by Gasteiger charge is 2.14. The van der Waals surface area contributed by atoms with Gasteiger partial charge in [-0.25, -0.2) is 12.8 Å². The van der Waals surface area contributed by atoms with Crippen LogP contribution in [0.2, 0.25) is 0 Å². The van der Waals surface area contributed by atoms with Gasteiger partial charge in [-0.3, -0.25) is 11.3 Å². The molecule has 0 radical (unpaired) electrons. The van der Waals surface area contributed by atoms with E-state index >= 15 is 0 Å². The lowest BCUT2D eigenvalue weighted by atomic mass is 10.0. The van der Waals surface area contributed by atoms with Crippen molar-refractivity contribution in [1.82, 2.24) is 5.43 Å². The molecule has 108 valence electrons. The Bertz CT molecular complexity index is 522. The van der Waals surface area contributed by atoms with Gasteiger partial charge in [-0.1, -0.05) is 13.0 Å². The maximum atomic E-state index is 13.4. The molecule has 0 bridgehead atoms. The molecular weight excluding hydrogens is 335 g/mol. The molecule has 4 nitrogen and oxygen atoms in total. The lowest BCUT2D eigenvalue weighted by Crippen LogP contribution is -2.28. The fourth-order valence-electron chi connectivity index (χ4n) is 1.73. The number of hydrazine groups is 1. The summed E-state index contributed by atoms with van der Waals surface area (Å²) in [6, 6.07) is 4.50. The topological polar surface area (TPSA) is 72.2 Å². The minimum absolute atomic E-state index is 0.126. The molecule has 0 aliphatic heterocycles. The van der Waals surface area contributed by atoms with Crippen molar-refractivity contribution in [3.05, 3.63) is 34.1 Å². The third-order valence-electron chi connectivity index (χ3n) is 2.94. The summed E-state index contributed by atoms with van der Waals surface area (Å²) in [7, 11) is -2.97. The van der Waals surface area contributed by atoms with Crippen molar-refractivity contribution >= 4 is 25.8 Å². The molecule has 1 aromatic carbocycles. The minimum Gasteiger partial charge on any atom is -0.271 e. The van der Waals surface area contributed by atoms with Gasteiger partial charge in [0.25, 0.3) is 0 Å². The van der Waals surface area contributed by atoms with Crippen LogP contribution < -0.4 is 11.3 Å². The van der Waals surface area contributed by atoms with E-state index in [9.17, 15) is 12.8 Å². The van der Waals surface area contributed by atoms with E-state index in [-0.39, 0.29) is 23.4 Å². The molecule has 0 saturated heterocycles. The van der Waals surface area contributed by atoms with Crippen LogP contribution in [0.15, 0.2) is 22.7 Å². The van der Waals surface area contributed by atoms with Crippen molar-refractivity contribution in [3.8, 4) is 0 Å². The van der Waals surface area contributed by atoms with Crippen molar-refractivity contribution < 1.29 is 12.8 Å². The van der Waals surface area contributed by atoms with Crippen molar-refractivity contribution in [2.24, 2.45) is 5.84 Å². The summed E-state index contributed by atoms with van der Waals surface area (Å²) in [4.78, 5) is 0. The molecule has 1 rings (SSSR count). The number of rotatable bonds is 7. The van der Waals surface area contributed by atoms with Gasteiger partial charge >= 0.3 is 0 Å². The highest BCUT2D eigenvalue weighted by atomic mass is 79.9. The molecule has 19 heavy (non-hydrogen) atoms. The van der Waals surface area contributed by atoms with E-state index in [1.807, 2.05) is 0 Å². The molecule has 0 spiro atoms. The smallest absolute Gasteiger partial charge is 0.150 e. The zero-order valence-corrected chi connectivity index (χ0v) is 13.1. The fourth-order valence-corrected chi connectivity index (χ4v) is 2.87. The van der Waals surface area contributed by atoms with Gasteiger partial charge in [0.15, 0.2) is 0 Å². The van der Waals surface area contributed by atoms with Crippen LogP contribution in [-0.2, 0) is 9.84 Å². The Hall–Kier alpha value is -0.500. The Balaban J connectivity index is 2.66. The molecule has 0 aliphatic rings. The Morgan fingerprint density at radius 2 is 2.16 bits per heavy atom. The number of nitrogens with two attached hydrogens (primary N) is 1. The van der Waals surface area contributed by atoms with Crippen LogP contribution in [0.25, 0.3) is 0 Å². The number of halogens is 2. The second kappa shape index (κ2) is 7.33. The molecule has 0 aliphatic carbocycles. The summed E-state index contributed by atoms with van der Waals surface area (Å²) in [5.74, 6) is 5.34. The van der Waals surface area contributed by atoms with Crippen molar-refractivity contribution in [2.75, 3.05) is 11.5 Å². The lowest BCUT2D eigenvalue weighted by Gasteiger charge is -2.16. The molecular formula is C12H18BrFN2O2S. The average Bonchev–Trinajstić information content (AvgIpc) is 2.38. The molecule has 7 heteroatoms. The van der Waals surface area contributed by atoms with Crippen LogP contribution >= 0.6 is 15.9 Å². The van der Waals surface area contributed by atoms with E-state index in [4.69, 9.17) is 5.84 Å². The quantitative estimate of drug-likeness (QED) is 0.583. The highest BCUT2D eigenvalue weighted by Crippen LogP contribution is 2.23. The molecule has 1 aromatic rings. The second-order valence-corrected chi connectivity index (χ2v) is 7.60. The molecule has 1 unspecified atom stereocenters. The third kappa shape index (κ3) is 5.18. The van der Waals surface area contributed by atoms with Gasteiger partial charge in [0.1, 0.15) is 15.7 Å². The first-order chi connectivity index (χ1) is 8.89. The predicted molar refractivity (Wildman–Crippen MR) is 77.7 cm³/mol. The molecule has 0 fully saturated rings. The van der Waals surface area contributed by atoms with Crippen LogP contribution in [0.3, 0.4) is 0 Å². The Morgan fingerprint density at radius 3 is 2.68 bits per heavy atom. The van der Waals surface area contributed by atoms with E-state index < -0.39 is 9.84 Å². The van der Waals surface area contributed by atoms with Gasteiger partial charge in [0.05, 0.1) is 10.2 Å².